The van der Waals surface area contributed by atoms with Crippen LogP contribution < -0.4 is 10.5 Å². The molecule has 0 aromatic carbocycles. The molecule has 3 N–H and O–H groups in total. The predicted octanol–water partition coefficient (Wildman–Crippen LogP) is 1.28. The van der Waals surface area contributed by atoms with Gasteiger partial charge in [-0.1, -0.05) is 0 Å². The van der Waals surface area contributed by atoms with Crippen LogP contribution in [-0.2, 0) is 6.54 Å². The number of nitrogens with zero attached hydrogens (tertiary/aromatic N) is 1. The lowest BCUT2D eigenvalue weighted by Gasteiger charge is -2.13. The molecule has 0 bridgehead atoms. The first kappa shape index (κ1) is 13.2. The molecular formula is C8H6F4N2O3. The Bertz CT molecular complexity index is 447. The van der Waals surface area contributed by atoms with E-state index < -0.39 is 41.8 Å². The average Bonchev–Trinajstić information content (AvgIpc) is 2.17. The van der Waals surface area contributed by atoms with Gasteiger partial charge >= 0.3 is 12.3 Å². The summed E-state index contributed by atoms with van der Waals surface area (Å²) in [6.45, 7) is -0.594. The van der Waals surface area contributed by atoms with Gasteiger partial charge in [0.25, 0.3) is 0 Å². The second-order valence-corrected chi connectivity index (χ2v) is 2.83. The van der Waals surface area contributed by atoms with Crippen molar-refractivity contribution in [1.82, 2.24) is 4.98 Å². The third kappa shape index (κ3) is 3.28. The molecule has 0 atom stereocenters. The van der Waals surface area contributed by atoms with Crippen molar-refractivity contribution in [3.05, 3.63) is 23.3 Å². The fourth-order valence-electron chi connectivity index (χ4n) is 1.08. The number of ether oxygens (including phenoxy) is 1. The van der Waals surface area contributed by atoms with Crippen LogP contribution in [0.1, 0.15) is 16.1 Å². The normalized spacial score (nSPS) is 11.4. The molecule has 0 radical (unpaired) electrons. The third-order valence-corrected chi connectivity index (χ3v) is 1.65. The van der Waals surface area contributed by atoms with E-state index in [1.165, 1.54) is 0 Å². The van der Waals surface area contributed by atoms with E-state index in [2.05, 4.69) is 9.72 Å². The molecule has 0 unspecified atom stereocenters. The van der Waals surface area contributed by atoms with Gasteiger partial charge in [0.05, 0.1) is 0 Å². The van der Waals surface area contributed by atoms with Gasteiger partial charge in [0.1, 0.15) is 11.3 Å². The molecule has 94 valence electrons. The van der Waals surface area contributed by atoms with Crippen molar-refractivity contribution in [3.8, 4) is 5.75 Å². The van der Waals surface area contributed by atoms with E-state index in [1.807, 2.05) is 0 Å². The fraction of sp³-hybridized carbons (Fsp3) is 0.250. The fourth-order valence-corrected chi connectivity index (χ4v) is 1.08. The summed E-state index contributed by atoms with van der Waals surface area (Å²) >= 11 is 0. The van der Waals surface area contributed by atoms with E-state index in [4.69, 9.17) is 10.8 Å². The Kier molecular flexibility index (Phi) is 3.51. The topological polar surface area (TPSA) is 85.4 Å². The minimum atomic E-state index is -5.12. The highest BCUT2D eigenvalue weighted by molar-refractivity contribution is 5.91. The zero-order chi connectivity index (χ0) is 13.2. The molecule has 0 amide bonds. The Hall–Kier alpha value is -1.90. The van der Waals surface area contributed by atoms with Gasteiger partial charge in [-0.25, -0.2) is 9.78 Å². The molecule has 0 saturated heterocycles. The van der Waals surface area contributed by atoms with Crippen LogP contribution in [0.2, 0.25) is 0 Å². The quantitative estimate of drug-likeness (QED) is 0.626. The molecule has 1 heterocycles. The van der Waals surface area contributed by atoms with E-state index in [1.54, 1.807) is 0 Å². The predicted molar refractivity (Wildman–Crippen MR) is 45.7 cm³/mol. The number of carbonyl (C=O) groups is 1. The summed E-state index contributed by atoms with van der Waals surface area (Å²) in [6, 6.07) is 0.322. The van der Waals surface area contributed by atoms with E-state index in [9.17, 15) is 22.4 Å². The number of alkyl halides is 3. The summed E-state index contributed by atoms with van der Waals surface area (Å²) in [5.74, 6) is -4.13. The van der Waals surface area contributed by atoms with Crippen LogP contribution in [0.25, 0.3) is 0 Å². The lowest BCUT2D eigenvalue weighted by molar-refractivity contribution is -0.275. The maximum absolute atomic E-state index is 12.8. The molecule has 0 aliphatic heterocycles. The largest absolute Gasteiger partial charge is 0.573 e. The number of hydrogen-bond donors (Lipinski definition) is 2. The zero-order valence-corrected chi connectivity index (χ0v) is 8.08. The number of halogens is 4. The lowest BCUT2D eigenvalue weighted by Crippen LogP contribution is -2.22. The first-order valence-corrected chi connectivity index (χ1v) is 4.13. The van der Waals surface area contributed by atoms with Crippen molar-refractivity contribution in [2.45, 2.75) is 12.9 Å². The van der Waals surface area contributed by atoms with Crippen LogP contribution in [0.3, 0.4) is 0 Å². The molecule has 0 fully saturated rings. The molecule has 0 saturated carbocycles. The summed E-state index contributed by atoms with van der Waals surface area (Å²) in [5.41, 5.74) is 3.42. The van der Waals surface area contributed by atoms with Crippen molar-refractivity contribution >= 4 is 5.97 Å². The molecule has 9 heteroatoms. The minimum Gasteiger partial charge on any atom is -0.478 e. The van der Waals surface area contributed by atoms with Gasteiger partial charge in [0.15, 0.2) is 5.75 Å². The number of pyridine rings is 1. The Morgan fingerprint density at radius 3 is 2.53 bits per heavy atom. The van der Waals surface area contributed by atoms with Gasteiger partial charge in [-0.05, 0) is 0 Å². The average molecular weight is 254 g/mol. The van der Waals surface area contributed by atoms with Crippen LogP contribution in [0, 0.1) is 5.95 Å². The molecule has 0 aliphatic rings. The zero-order valence-electron chi connectivity index (χ0n) is 8.08. The Balaban J connectivity index is 3.37. The summed E-state index contributed by atoms with van der Waals surface area (Å²) in [7, 11) is 0. The third-order valence-electron chi connectivity index (χ3n) is 1.65. The van der Waals surface area contributed by atoms with Gasteiger partial charge in [-0.2, -0.15) is 4.39 Å². The number of rotatable bonds is 3. The summed E-state index contributed by atoms with van der Waals surface area (Å²) < 4.78 is 52.4. The van der Waals surface area contributed by atoms with Crippen molar-refractivity contribution < 1.29 is 32.2 Å². The standard InChI is InChI=1S/C8H6F4N2O3/c9-5-1-3(7(15)16)6(4(2-13)14-5)17-8(10,11)12/h1H,2,13H2,(H,15,16). The molecule has 0 aliphatic carbocycles. The van der Waals surface area contributed by atoms with Crippen LogP contribution in [0.15, 0.2) is 6.07 Å². The number of hydrogen-bond acceptors (Lipinski definition) is 4. The highest BCUT2D eigenvalue weighted by Crippen LogP contribution is 2.29. The van der Waals surface area contributed by atoms with Crippen LogP contribution >= 0.6 is 0 Å². The van der Waals surface area contributed by atoms with Crippen LogP contribution in [0.4, 0.5) is 17.6 Å². The van der Waals surface area contributed by atoms with Gasteiger partial charge in [-0.15, -0.1) is 13.2 Å². The number of carboxylic acids is 1. The SMILES string of the molecule is NCc1nc(F)cc(C(=O)O)c1OC(F)(F)F. The highest BCUT2D eigenvalue weighted by atomic mass is 19.4. The highest BCUT2D eigenvalue weighted by Gasteiger charge is 2.35. The van der Waals surface area contributed by atoms with Gasteiger partial charge in [-0.3, -0.25) is 0 Å². The molecular weight excluding hydrogens is 248 g/mol. The second-order valence-electron chi connectivity index (χ2n) is 2.83. The second kappa shape index (κ2) is 4.53. The number of carboxylic acid groups (broad SMARTS) is 1. The monoisotopic (exact) mass is 254 g/mol. The Labute approximate surface area is 91.8 Å². The van der Waals surface area contributed by atoms with Crippen molar-refractivity contribution in [2.75, 3.05) is 0 Å². The van der Waals surface area contributed by atoms with E-state index in [-0.39, 0.29) is 0 Å². The van der Waals surface area contributed by atoms with Gasteiger partial charge < -0.3 is 15.6 Å². The minimum absolute atomic E-state index is 0.322. The molecule has 1 aromatic heterocycles. The first-order valence-electron chi connectivity index (χ1n) is 4.13. The molecule has 1 aromatic rings. The molecule has 5 nitrogen and oxygen atoms in total. The first-order chi connectivity index (χ1) is 7.74. The van der Waals surface area contributed by atoms with Gasteiger partial charge in [0.2, 0.25) is 5.95 Å². The van der Waals surface area contributed by atoms with E-state index >= 15 is 0 Å². The van der Waals surface area contributed by atoms with Crippen molar-refractivity contribution in [2.24, 2.45) is 5.73 Å². The van der Waals surface area contributed by atoms with Crippen LogP contribution in [-0.4, -0.2) is 22.4 Å². The number of nitrogens with two attached hydrogens (primary N) is 1. The Morgan fingerprint density at radius 2 is 2.12 bits per heavy atom. The molecule has 1 rings (SSSR count). The van der Waals surface area contributed by atoms with Gasteiger partial charge in [0, 0.05) is 12.6 Å². The summed E-state index contributed by atoms with van der Waals surface area (Å²) in [6.07, 6.45) is -5.12. The van der Waals surface area contributed by atoms with Crippen LogP contribution in [0.5, 0.6) is 5.75 Å². The number of aromatic carboxylic acids is 1. The summed E-state index contributed by atoms with van der Waals surface area (Å²) in [4.78, 5) is 13.7. The van der Waals surface area contributed by atoms with Crippen molar-refractivity contribution in [3.63, 3.8) is 0 Å². The van der Waals surface area contributed by atoms with Crippen molar-refractivity contribution in [1.29, 1.82) is 0 Å². The molecule has 17 heavy (non-hydrogen) atoms. The van der Waals surface area contributed by atoms with E-state index in [0.717, 1.165) is 0 Å². The maximum atomic E-state index is 12.8. The summed E-state index contributed by atoms with van der Waals surface area (Å²) in [5, 5.41) is 8.62. The van der Waals surface area contributed by atoms with E-state index in [0.29, 0.717) is 6.07 Å². The maximum Gasteiger partial charge on any atom is 0.573 e. The smallest absolute Gasteiger partial charge is 0.478 e. The molecule has 0 spiro atoms. The number of aromatic nitrogens is 1. The Morgan fingerprint density at radius 1 is 1.53 bits per heavy atom. The lowest BCUT2D eigenvalue weighted by atomic mass is 10.2.